The summed E-state index contributed by atoms with van der Waals surface area (Å²) in [6.07, 6.45) is 0. The Balaban J connectivity index is 0. The molecule has 0 fully saturated rings. The van der Waals surface area contributed by atoms with Crippen LogP contribution < -0.4 is 0 Å². The van der Waals surface area contributed by atoms with Gasteiger partial charge in [0.25, 0.3) is 0 Å². The van der Waals surface area contributed by atoms with Crippen LogP contribution in [-0.2, 0) is 73.9 Å². The molecule has 4 heavy (non-hydrogen) atoms. The van der Waals surface area contributed by atoms with Crippen LogP contribution in [0.2, 0.25) is 0 Å². The second-order valence-electron chi connectivity index (χ2n) is 0. The summed E-state index contributed by atoms with van der Waals surface area (Å²) in [5.41, 5.74) is 0. The van der Waals surface area contributed by atoms with Crippen LogP contribution in [-0.4, -0.2) is 0 Å². The molecule has 0 amide bonds. The van der Waals surface area contributed by atoms with Gasteiger partial charge in [0.2, 0.25) is 0 Å². The molecule has 0 aromatic carbocycles. The third-order valence-electron chi connectivity index (χ3n) is 0. The molecule has 0 unspecified atom stereocenters. The van der Waals surface area contributed by atoms with E-state index in [1.807, 2.05) is 0 Å². The predicted octanol–water partition coefficient (Wildman–Crippen LogP) is -0.0100. The SMILES string of the molecule is [Au].[Cr].[Cu].[Cu]. The van der Waals surface area contributed by atoms with E-state index in [1.165, 1.54) is 0 Å². The second-order valence-corrected chi connectivity index (χ2v) is 0. The molecule has 3 radical (unpaired) electrons. The average Bonchev–Trinajstić information content (AvgIpc) is 0. The first-order chi connectivity index (χ1) is 0. The van der Waals surface area contributed by atoms with Crippen LogP contribution in [0.1, 0.15) is 0 Å². The molecule has 4 heteroatoms. The van der Waals surface area contributed by atoms with Gasteiger partial charge >= 0.3 is 0 Å². The van der Waals surface area contributed by atoms with Gasteiger partial charge in [-0.25, -0.2) is 0 Å². The van der Waals surface area contributed by atoms with E-state index >= 15 is 0 Å². The van der Waals surface area contributed by atoms with E-state index in [0.717, 1.165) is 0 Å². The Morgan fingerprint density at radius 1 is 0.750 bits per heavy atom. The monoisotopic (exact) mass is 375 g/mol. The molecule has 0 heterocycles. The Kier molecular flexibility index (Phi) is 154. The molecule has 0 saturated heterocycles. The van der Waals surface area contributed by atoms with E-state index in [0.29, 0.717) is 0 Å². The third-order valence-corrected chi connectivity index (χ3v) is 0. The third kappa shape index (κ3) is 8.85. The number of hydrogen-bond donors (Lipinski definition) is 0. The van der Waals surface area contributed by atoms with Gasteiger partial charge in [0.05, 0.1) is 0 Å². The van der Waals surface area contributed by atoms with Gasteiger partial charge in [-0.05, 0) is 0 Å². The molecule has 0 rings (SSSR count). The number of hydrogen-bond acceptors (Lipinski definition) is 0. The van der Waals surface area contributed by atoms with Gasteiger partial charge in [-0.2, -0.15) is 0 Å². The van der Waals surface area contributed by atoms with E-state index in [2.05, 4.69) is 0 Å². The maximum Gasteiger partial charge on any atom is 0 e. The summed E-state index contributed by atoms with van der Waals surface area (Å²) >= 11 is 0. The molecule has 39 valence electrons. The van der Waals surface area contributed by atoms with Crippen molar-refractivity contribution in [3.8, 4) is 0 Å². The largest absolute Gasteiger partial charge is 0 e. The molecule has 0 aliphatic carbocycles. The van der Waals surface area contributed by atoms with Gasteiger partial charge < -0.3 is 0 Å². The molecule has 0 nitrogen and oxygen atoms in total. The van der Waals surface area contributed by atoms with Crippen molar-refractivity contribution >= 4 is 0 Å². The Hall–Kier alpha value is 2.31. The molecule has 0 saturated carbocycles. The molecular weight excluding hydrogens is 376 g/mol. The van der Waals surface area contributed by atoms with Crippen molar-refractivity contribution in [1.82, 2.24) is 0 Å². The van der Waals surface area contributed by atoms with Crippen LogP contribution >= 0.6 is 0 Å². The zero-order valence-electron chi connectivity index (χ0n) is 1.31. The fourth-order valence-electron chi connectivity index (χ4n) is 0. The molecule has 0 atom stereocenters. The Morgan fingerprint density at radius 2 is 0.750 bits per heavy atom. The van der Waals surface area contributed by atoms with Gasteiger partial charge in [0, 0.05) is 73.9 Å². The molecule has 0 bridgehead atoms. The zero-order chi connectivity index (χ0) is 0. The summed E-state index contributed by atoms with van der Waals surface area (Å²) in [6.45, 7) is 0. The standard InChI is InChI=1S/Au.Cr.2Cu. The predicted molar refractivity (Wildman–Crippen MR) is 0 cm³/mol. The maximum absolute atomic E-state index is 0. The summed E-state index contributed by atoms with van der Waals surface area (Å²) in [6, 6.07) is 0. The van der Waals surface area contributed by atoms with Crippen molar-refractivity contribution in [3.63, 3.8) is 0 Å². The fourth-order valence-corrected chi connectivity index (χ4v) is 0. The van der Waals surface area contributed by atoms with Crippen molar-refractivity contribution in [2.24, 2.45) is 0 Å². The first kappa shape index (κ1) is 33.3. The van der Waals surface area contributed by atoms with E-state index in [-0.39, 0.29) is 73.9 Å². The summed E-state index contributed by atoms with van der Waals surface area (Å²) in [5.74, 6) is 0. The first-order valence-corrected chi connectivity index (χ1v) is 0. The van der Waals surface area contributed by atoms with E-state index in [4.69, 9.17) is 0 Å². The van der Waals surface area contributed by atoms with Gasteiger partial charge in [-0.15, -0.1) is 0 Å². The van der Waals surface area contributed by atoms with Crippen LogP contribution in [0.15, 0.2) is 0 Å². The van der Waals surface area contributed by atoms with Crippen molar-refractivity contribution < 1.29 is 73.9 Å². The fraction of sp³-hybridized carbons (Fsp3) is 0. The quantitative estimate of drug-likeness (QED) is 0.522. The van der Waals surface area contributed by atoms with Crippen molar-refractivity contribution in [2.75, 3.05) is 0 Å². The summed E-state index contributed by atoms with van der Waals surface area (Å²) in [4.78, 5) is 0. The maximum atomic E-state index is 0. The van der Waals surface area contributed by atoms with Gasteiger partial charge in [-0.1, -0.05) is 0 Å². The van der Waals surface area contributed by atoms with E-state index < -0.39 is 0 Å². The minimum absolute atomic E-state index is 0. The average molecular weight is 376 g/mol. The summed E-state index contributed by atoms with van der Waals surface area (Å²) in [5, 5.41) is 0. The Bertz CT molecular complexity index is 6.00. The number of rotatable bonds is 0. The molecule has 0 N–H and O–H groups in total. The minimum atomic E-state index is 0. The van der Waals surface area contributed by atoms with Crippen LogP contribution in [0.4, 0.5) is 0 Å². The van der Waals surface area contributed by atoms with Crippen LogP contribution in [0.5, 0.6) is 0 Å². The Morgan fingerprint density at radius 3 is 0.750 bits per heavy atom. The second kappa shape index (κ2) is 18.5. The minimum Gasteiger partial charge on any atom is 0 e. The smallest absolute Gasteiger partial charge is 0 e. The van der Waals surface area contributed by atoms with Crippen LogP contribution in [0, 0.1) is 0 Å². The van der Waals surface area contributed by atoms with Crippen LogP contribution in [0.3, 0.4) is 0 Å². The molecule has 0 spiro atoms. The van der Waals surface area contributed by atoms with Gasteiger partial charge in [0.1, 0.15) is 0 Å². The topological polar surface area (TPSA) is 0 Å². The van der Waals surface area contributed by atoms with E-state index in [9.17, 15) is 0 Å². The summed E-state index contributed by atoms with van der Waals surface area (Å²) in [7, 11) is 0. The van der Waals surface area contributed by atoms with Crippen molar-refractivity contribution in [1.29, 1.82) is 0 Å². The normalized spacial score (nSPS) is 0. The molecule has 0 aliphatic heterocycles. The molecule has 0 aromatic rings. The van der Waals surface area contributed by atoms with Crippen LogP contribution in [0.25, 0.3) is 0 Å². The zero-order valence-corrected chi connectivity index (χ0v) is 6.64. The van der Waals surface area contributed by atoms with Crippen molar-refractivity contribution in [2.45, 2.75) is 0 Å². The molecule has 0 aromatic heterocycles. The Labute approximate surface area is 73.1 Å². The van der Waals surface area contributed by atoms with Gasteiger partial charge in [-0.3, -0.25) is 0 Å². The molecule has 0 aliphatic rings. The van der Waals surface area contributed by atoms with E-state index in [1.54, 1.807) is 0 Å². The first-order valence-electron chi connectivity index (χ1n) is 0. The summed E-state index contributed by atoms with van der Waals surface area (Å²) < 4.78 is 0. The molecular formula is AuCrCu2. The van der Waals surface area contributed by atoms with Gasteiger partial charge in [0.15, 0.2) is 0 Å². The van der Waals surface area contributed by atoms with Crippen molar-refractivity contribution in [3.05, 3.63) is 0 Å².